The number of nitrogens with zero attached hydrogens (tertiary/aromatic N) is 3. The smallest absolute Gasteiger partial charge is 0.265 e. The Kier molecular flexibility index (Phi) is 5.04. The van der Waals surface area contributed by atoms with E-state index in [1.54, 1.807) is 6.08 Å². The van der Waals surface area contributed by atoms with E-state index in [0.717, 1.165) is 16.9 Å². The Labute approximate surface area is 158 Å². The number of carbonyl (C=O) groups excluding carboxylic acids is 2. The van der Waals surface area contributed by atoms with Gasteiger partial charge in [0.2, 0.25) is 0 Å². The van der Waals surface area contributed by atoms with Crippen LogP contribution in [0.15, 0.2) is 48.2 Å². The number of rotatable bonds is 4. The number of amides is 2. The SMILES string of the molecule is CCN1C(=O)C(=Cc2cc(C)n(-c3ccccc3)c2)C(=O)N(CC)C1=S. The molecular formula is C20H21N3O2S. The summed E-state index contributed by atoms with van der Waals surface area (Å²) >= 11 is 5.29. The van der Waals surface area contributed by atoms with Gasteiger partial charge in [-0.05, 0) is 62.8 Å². The minimum atomic E-state index is -0.336. The van der Waals surface area contributed by atoms with Crippen molar-refractivity contribution in [2.24, 2.45) is 0 Å². The molecular weight excluding hydrogens is 346 g/mol. The molecule has 5 nitrogen and oxygen atoms in total. The van der Waals surface area contributed by atoms with Crippen LogP contribution in [0.3, 0.4) is 0 Å². The summed E-state index contributed by atoms with van der Waals surface area (Å²) in [5.74, 6) is -0.672. The molecule has 2 aromatic rings. The molecule has 0 bridgehead atoms. The van der Waals surface area contributed by atoms with Crippen molar-refractivity contribution in [2.45, 2.75) is 20.8 Å². The van der Waals surface area contributed by atoms with Gasteiger partial charge in [-0.15, -0.1) is 0 Å². The Morgan fingerprint density at radius 2 is 1.58 bits per heavy atom. The fourth-order valence-corrected chi connectivity index (χ4v) is 3.52. The molecule has 2 heterocycles. The molecule has 6 heteroatoms. The molecule has 0 N–H and O–H groups in total. The Bertz CT molecular complexity index is 871. The Morgan fingerprint density at radius 3 is 2.12 bits per heavy atom. The van der Waals surface area contributed by atoms with Crippen LogP contribution in [0, 0.1) is 6.92 Å². The van der Waals surface area contributed by atoms with Crippen LogP contribution in [0.1, 0.15) is 25.1 Å². The first-order valence-corrected chi connectivity index (χ1v) is 9.02. The number of likely N-dealkylation sites (N-methyl/N-ethyl adjacent to an activating group) is 2. The fraction of sp³-hybridized carbons (Fsp3) is 0.250. The van der Waals surface area contributed by atoms with Crippen molar-refractivity contribution >= 4 is 35.2 Å². The van der Waals surface area contributed by atoms with Gasteiger partial charge in [0.1, 0.15) is 5.57 Å². The van der Waals surface area contributed by atoms with Gasteiger partial charge in [0.25, 0.3) is 11.8 Å². The third-order valence-corrected chi connectivity index (χ3v) is 4.87. The lowest BCUT2D eigenvalue weighted by Gasteiger charge is -2.35. The van der Waals surface area contributed by atoms with Gasteiger partial charge in [-0.3, -0.25) is 19.4 Å². The summed E-state index contributed by atoms with van der Waals surface area (Å²) in [5.41, 5.74) is 3.01. The maximum Gasteiger partial charge on any atom is 0.265 e. The Morgan fingerprint density at radius 1 is 1.00 bits per heavy atom. The molecule has 0 spiro atoms. The predicted molar refractivity (Wildman–Crippen MR) is 106 cm³/mol. The van der Waals surface area contributed by atoms with Crippen molar-refractivity contribution in [3.05, 3.63) is 59.4 Å². The van der Waals surface area contributed by atoms with Gasteiger partial charge in [0.05, 0.1) is 0 Å². The highest BCUT2D eigenvalue weighted by Gasteiger charge is 2.37. The van der Waals surface area contributed by atoms with Gasteiger partial charge >= 0.3 is 0 Å². The Balaban J connectivity index is 2.02. The van der Waals surface area contributed by atoms with Crippen molar-refractivity contribution in [3.8, 4) is 5.69 Å². The number of thiocarbonyl (C=S) groups is 1. The third kappa shape index (κ3) is 3.08. The molecule has 0 atom stereocenters. The molecule has 1 aromatic heterocycles. The highest BCUT2D eigenvalue weighted by atomic mass is 32.1. The van der Waals surface area contributed by atoms with E-state index in [9.17, 15) is 9.59 Å². The number of hydrogen-bond donors (Lipinski definition) is 0. The minimum Gasteiger partial charge on any atom is -0.321 e. The summed E-state index contributed by atoms with van der Waals surface area (Å²) in [7, 11) is 0. The van der Waals surface area contributed by atoms with E-state index >= 15 is 0 Å². The normalized spacial score (nSPS) is 15.0. The second-order valence-corrected chi connectivity index (χ2v) is 6.42. The minimum absolute atomic E-state index is 0.146. The van der Waals surface area contributed by atoms with Gasteiger partial charge in [0, 0.05) is 30.7 Å². The van der Waals surface area contributed by atoms with Crippen molar-refractivity contribution in [1.82, 2.24) is 14.4 Å². The van der Waals surface area contributed by atoms with E-state index in [1.165, 1.54) is 9.80 Å². The monoisotopic (exact) mass is 367 g/mol. The van der Waals surface area contributed by atoms with Crippen LogP contribution < -0.4 is 0 Å². The van der Waals surface area contributed by atoms with Crippen LogP contribution in [0.5, 0.6) is 0 Å². The number of hydrogen-bond acceptors (Lipinski definition) is 3. The number of para-hydroxylation sites is 1. The van der Waals surface area contributed by atoms with Crippen LogP contribution in [0.2, 0.25) is 0 Å². The number of aryl methyl sites for hydroxylation is 1. The fourth-order valence-electron chi connectivity index (χ4n) is 3.09. The van der Waals surface area contributed by atoms with Crippen molar-refractivity contribution in [2.75, 3.05) is 13.1 Å². The molecule has 0 aliphatic carbocycles. The largest absolute Gasteiger partial charge is 0.321 e. The average molecular weight is 367 g/mol. The second kappa shape index (κ2) is 7.25. The van der Waals surface area contributed by atoms with Crippen LogP contribution in [-0.2, 0) is 9.59 Å². The van der Waals surface area contributed by atoms with E-state index in [4.69, 9.17) is 12.2 Å². The lowest BCUT2D eigenvalue weighted by Crippen LogP contribution is -2.55. The average Bonchev–Trinajstić information content (AvgIpc) is 3.01. The summed E-state index contributed by atoms with van der Waals surface area (Å²) in [6.45, 7) is 6.56. The first-order valence-electron chi connectivity index (χ1n) is 8.61. The molecule has 0 radical (unpaired) electrons. The van der Waals surface area contributed by atoms with E-state index in [0.29, 0.717) is 13.1 Å². The maximum absolute atomic E-state index is 12.7. The first-order chi connectivity index (χ1) is 12.5. The standard InChI is InChI=1S/C20H21N3O2S/c1-4-21-18(24)17(19(25)22(5-2)20(21)26)12-15-11-14(3)23(13-15)16-9-7-6-8-10-16/h6-13H,4-5H2,1-3H3. The molecule has 1 fully saturated rings. The van der Waals surface area contributed by atoms with Gasteiger partial charge in [-0.1, -0.05) is 18.2 Å². The molecule has 26 heavy (non-hydrogen) atoms. The second-order valence-electron chi connectivity index (χ2n) is 6.06. The molecule has 1 aliphatic rings. The molecule has 0 unspecified atom stereocenters. The predicted octanol–water partition coefficient (Wildman–Crippen LogP) is 3.16. The van der Waals surface area contributed by atoms with Gasteiger partial charge in [0.15, 0.2) is 5.11 Å². The van der Waals surface area contributed by atoms with E-state index in [1.807, 2.05) is 67.9 Å². The summed E-state index contributed by atoms with van der Waals surface area (Å²) in [4.78, 5) is 28.4. The van der Waals surface area contributed by atoms with Gasteiger partial charge in [-0.2, -0.15) is 0 Å². The molecule has 1 aromatic carbocycles. The molecule has 2 amide bonds. The van der Waals surface area contributed by atoms with Crippen molar-refractivity contribution < 1.29 is 9.59 Å². The lowest BCUT2D eigenvalue weighted by molar-refractivity contribution is -0.133. The number of benzene rings is 1. The van der Waals surface area contributed by atoms with Crippen LogP contribution in [0.4, 0.5) is 0 Å². The van der Waals surface area contributed by atoms with E-state index in [2.05, 4.69) is 0 Å². The molecule has 1 aliphatic heterocycles. The van der Waals surface area contributed by atoms with Crippen LogP contribution in [-0.4, -0.2) is 44.4 Å². The molecule has 3 rings (SSSR count). The molecule has 1 saturated heterocycles. The van der Waals surface area contributed by atoms with E-state index < -0.39 is 0 Å². The lowest BCUT2D eigenvalue weighted by atomic mass is 10.1. The highest BCUT2D eigenvalue weighted by Crippen LogP contribution is 2.22. The zero-order valence-corrected chi connectivity index (χ0v) is 15.9. The van der Waals surface area contributed by atoms with E-state index in [-0.39, 0.29) is 22.5 Å². The summed E-state index contributed by atoms with van der Waals surface area (Å²) in [6, 6.07) is 11.9. The first kappa shape index (κ1) is 18.1. The highest BCUT2D eigenvalue weighted by molar-refractivity contribution is 7.80. The summed E-state index contributed by atoms with van der Waals surface area (Å²) in [6.07, 6.45) is 3.59. The summed E-state index contributed by atoms with van der Waals surface area (Å²) in [5, 5.41) is 0.278. The summed E-state index contributed by atoms with van der Waals surface area (Å²) < 4.78 is 2.03. The Hall–Kier alpha value is -2.73. The quantitative estimate of drug-likeness (QED) is 0.474. The topological polar surface area (TPSA) is 45.6 Å². The molecule has 134 valence electrons. The van der Waals surface area contributed by atoms with Gasteiger partial charge in [-0.25, -0.2) is 0 Å². The molecule has 0 saturated carbocycles. The maximum atomic E-state index is 12.7. The van der Waals surface area contributed by atoms with Crippen LogP contribution >= 0.6 is 12.2 Å². The number of aromatic nitrogens is 1. The van der Waals surface area contributed by atoms with Crippen molar-refractivity contribution in [3.63, 3.8) is 0 Å². The number of carbonyl (C=O) groups is 2. The zero-order chi connectivity index (χ0) is 18.8. The van der Waals surface area contributed by atoms with Gasteiger partial charge < -0.3 is 4.57 Å². The zero-order valence-electron chi connectivity index (χ0n) is 15.1. The van der Waals surface area contributed by atoms with Crippen LogP contribution in [0.25, 0.3) is 11.8 Å². The third-order valence-electron chi connectivity index (χ3n) is 4.42. The van der Waals surface area contributed by atoms with Crippen molar-refractivity contribution in [1.29, 1.82) is 0 Å².